The van der Waals surface area contributed by atoms with E-state index < -0.39 is 23.9 Å². The highest BCUT2D eigenvalue weighted by Gasteiger charge is 2.21. The number of benzene rings is 1. The third-order valence-electron chi connectivity index (χ3n) is 2.68. The first-order valence-corrected chi connectivity index (χ1v) is 5.98. The van der Waals surface area contributed by atoms with Crippen molar-refractivity contribution in [2.45, 2.75) is 25.4 Å². The lowest BCUT2D eigenvalue weighted by Crippen LogP contribution is -2.41. The average Bonchev–Trinajstić information content (AvgIpc) is 2.42. The molecule has 1 rings (SSSR count). The average molecular weight is 280 g/mol. The van der Waals surface area contributed by atoms with Gasteiger partial charge in [0.15, 0.2) is 0 Å². The molecule has 0 aliphatic carbocycles. The summed E-state index contributed by atoms with van der Waals surface area (Å²) in [5, 5.41) is 19.8. The lowest BCUT2D eigenvalue weighted by Gasteiger charge is -2.13. The number of hydrogen-bond acceptors (Lipinski definition) is 4. The van der Waals surface area contributed by atoms with Crippen molar-refractivity contribution in [1.82, 2.24) is 5.32 Å². The van der Waals surface area contributed by atoms with Gasteiger partial charge in [-0.25, -0.2) is 4.79 Å². The Morgan fingerprint density at radius 3 is 2.50 bits per heavy atom. The van der Waals surface area contributed by atoms with Crippen LogP contribution >= 0.6 is 0 Å². The molecule has 20 heavy (non-hydrogen) atoms. The van der Waals surface area contributed by atoms with Crippen LogP contribution in [-0.4, -0.2) is 34.1 Å². The first-order valence-electron chi connectivity index (χ1n) is 5.98. The van der Waals surface area contributed by atoms with Gasteiger partial charge in [0, 0.05) is 18.5 Å². The second kappa shape index (κ2) is 7.25. The molecule has 0 heterocycles. The Labute approximate surface area is 115 Å². The molecular weight excluding hydrogens is 264 g/mol. The Morgan fingerprint density at radius 1 is 1.25 bits per heavy atom. The molecule has 0 saturated heterocycles. The smallest absolute Gasteiger partial charge is 0.326 e. The highest BCUT2D eigenvalue weighted by molar-refractivity contribution is 5.96. The molecule has 1 aromatic carbocycles. The highest BCUT2D eigenvalue weighted by Crippen LogP contribution is 2.06. The number of rotatable bonds is 7. The van der Waals surface area contributed by atoms with E-state index in [1.165, 1.54) is 6.07 Å². The van der Waals surface area contributed by atoms with Crippen LogP contribution in [0.1, 0.15) is 28.8 Å². The maximum Gasteiger partial charge on any atom is 0.326 e. The summed E-state index contributed by atoms with van der Waals surface area (Å²) in [7, 11) is 0. The molecule has 1 amide bonds. The number of hydrogen-bond donors (Lipinski definition) is 4. The van der Waals surface area contributed by atoms with Gasteiger partial charge in [0.05, 0.1) is 0 Å². The van der Waals surface area contributed by atoms with E-state index in [1.54, 1.807) is 18.2 Å². The van der Waals surface area contributed by atoms with Crippen molar-refractivity contribution in [1.29, 1.82) is 0 Å². The topological polar surface area (TPSA) is 130 Å². The number of nitrogens with one attached hydrogen (secondary N) is 1. The van der Waals surface area contributed by atoms with E-state index in [0.717, 1.165) is 5.56 Å². The molecule has 0 aromatic heterocycles. The Hall–Kier alpha value is -2.41. The van der Waals surface area contributed by atoms with Gasteiger partial charge in [0.1, 0.15) is 6.04 Å². The number of nitrogens with two attached hydrogens (primary N) is 1. The molecule has 1 aromatic rings. The van der Waals surface area contributed by atoms with E-state index >= 15 is 0 Å². The summed E-state index contributed by atoms with van der Waals surface area (Å²) in [5.41, 5.74) is 6.49. The van der Waals surface area contributed by atoms with Crippen LogP contribution in [-0.2, 0) is 16.1 Å². The molecule has 7 nitrogen and oxygen atoms in total. The minimum atomic E-state index is -1.27. The van der Waals surface area contributed by atoms with Gasteiger partial charge in [-0.15, -0.1) is 0 Å². The number of aliphatic carboxylic acids is 2. The third kappa shape index (κ3) is 4.69. The van der Waals surface area contributed by atoms with Crippen molar-refractivity contribution >= 4 is 17.8 Å². The van der Waals surface area contributed by atoms with Crippen LogP contribution in [0.15, 0.2) is 24.3 Å². The SMILES string of the molecule is NCc1cccc(C(=O)NC(CCC(=O)O)C(=O)O)c1. The quantitative estimate of drug-likeness (QED) is 0.564. The van der Waals surface area contributed by atoms with Gasteiger partial charge >= 0.3 is 11.9 Å². The molecule has 1 atom stereocenters. The summed E-state index contributed by atoms with van der Waals surface area (Å²) in [6.45, 7) is 0.266. The number of amides is 1. The lowest BCUT2D eigenvalue weighted by atomic mass is 10.1. The van der Waals surface area contributed by atoms with Crippen LogP contribution in [0.25, 0.3) is 0 Å². The fourth-order valence-electron chi connectivity index (χ4n) is 1.61. The molecule has 0 saturated carbocycles. The molecule has 0 radical (unpaired) electrons. The predicted molar refractivity (Wildman–Crippen MR) is 70.1 cm³/mol. The minimum Gasteiger partial charge on any atom is -0.481 e. The van der Waals surface area contributed by atoms with Gasteiger partial charge in [-0.05, 0) is 24.1 Å². The van der Waals surface area contributed by atoms with Gasteiger partial charge in [0.25, 0.3) is 5.91 Å². The maximum atomic E-state index is 11.9. The van der Waals surface area contributed by atoms with Crippen molar-refractivity contribution in [2.75, 3.05) is 0 Å². The van der Waals surface area contributed by atoms with Crippen molar-refractivity contribution in [2.24, 2.45) is 5.73 Å². The van der Waals surface area contributed by atoms with Crippen molar-refractivity contribution in [3.63, 3.8) is 0 Å². The zero-order chi connectivity index (χ0) is 15.1. The highest BCUT2D eigenvalue weighted by atomic mass is 16.4. The van der Waals surface area contributed by atoms with Gasteiger partial charge in [-0.2, -0.15) is 0 Å². The molecule has 0 spiro atoms. The van der Waals surface area contributed by atoms with E-state index in [9.17, 15) is 14.4 Å². The normalized spacial score (nSPS) is 11.7. The summed E-state index contributed by atoms with van der Waals surface area (Å²) < 4.78 is 0. The number of carboxylic acids is 2. The van der Waals surface area contributed by atoms with Gasteiger partial charge < -0.3 is 21.3 Å². The zero-order valence-electron chi connectivity index (χ0n) is 10.7. The zero-order valence-corrected chi connectivity index (χ0v) is 10.7. The van der Waals surface area contributed by atoms with E-state index in [4.69, 9.17) is 15.9 Å². The van der Waals surface area contributed by atoms with Crippen LogP contribution in [0.5, 0.6) is 0 Å². The van der Waals surface area contributed by atoms with Crippen molar-refractivity contribution in [3.05, 3.63) is 35.4 Å². The molecule has 0 fully saturated rings. The Bertz CT molecular complexity index is 515. The van der Waals surface area contributed by atoms with E-state index in [0.29, 0.717) is 0 Å². The summed E-state index contributed by atoms with van der Waals surface area (Å²) >= 11 is 0. The second-order valence-electron chi connectivity index (χ2n) is 4.20. The van der Waals surface area contributed by atoms with Crippen LogP contribution in [0.2, 0.25) is 0 Å². The summed E-state index contributed by atoms with van der Waals surface area (Å²) in [5.74, 6) is -2.96. The van der Waals surface area contributed by atoms with Crippen molar-refractivity contribution < 1.29 is 24.6 Å². The summed E-state index contributed by atoms with van der Waals surface area (Å²) in [6, 6.07) is 5.25. The Kier molecular flexibility index (Phi) is 5.67. The minimum absolute atomic E-state index is 0.174. The summed E-state index contributed by atoms with van der Waals surface area (Å²) in [4.78, 5) is 33.3. The van der Waals surface area contributed by atoms with Gasteiger partial charge in [-0.1, -0.05) is 12.1 Å². The second-order valence-corrected chi connectivity index (χ2v) is 4.20. The van der Waals surface area contributed by atoms with Crippen LogP contribution < -0.4 is 11.1 Å². The largest absolute Gasteiger partial charge is 0.481 e. The van der Waals surface area contributed by atoms with Crippen LogP contribution in [0.4, 0.5) is 0 Å². The molecule has 5 N–H and O–H groups in total. The lowest BCUT2D eigenvalue weighted by molar-refractivity contribution is -0.140. The van der Waals surface area contributed by atoms with E-state index in [1.807, 2.05) is 0 Å². The monoisotopic (exact) mass is 280 g/mol. The standard InChI is InChI=1S/C13H16N2O5/c14-7-8-2-1-3-9(6-8)12(18)15-10(13(19)20)4-5-11(16)17/h1-3,6,10H,4-5,7,14H2,(H,15,18)(H,16,17)(H,19,20). The van der Waals surface area contributed by atoms with Crippen LogP contribution in [0, 0.1) is 0 Å². The molecule has 7 heteroatoms. The molecular formula is C13H16N2O5. The summed E-state index contributed by atoms with van der Waals surface area (Å²) in [6.07, 6.45) is -0.507. The fraction of sp³-hybridized carbons (Fsp3) is 0.308. The maximum absolute atomic E-state index is 11.9. The Balaban J connectivity index is 2.74. The first kappa shape index (κ1) is 15.6. The number of carbonyl (C=O) groups is 3. The number of carbonyl (C=O) groups excluding carboxylic acids is 1. The first-order chi connectivity index (χ1) is 9.43. The molecule has 0 aliphatic rings. The predicted octanol–water partition coefficient (Wildman–Crippen LogP) is 0.193. The van der Waals surface area contributed by atoms with Crippen LogP contribution in [0.3, 0.4) is 0 Å². The fourth-order valence-corrected chi connectivity index (χ4v) is 1.61. The molecule has 0 aliphatic heterocycles. The number of carboxylic acid groups (broad SMARTS) is 2. The van der Waals surface area contributed by atoms with Gasteiger partial charge in [-0.3, -0.25) is 9.59 Å². The van der Waals surface area contributed by atoms with E-state index in [2.05, 4.69) is 5.32 Å². The molecule has 108 valence electrons. The van der Waals surface area contributed by atoms with Crippen molar-refractivity contribution in [3.8, 4) is 0 Å². The third-order valence-corrected chi connectivity index (χ3v) is 2.68. The van der Waals surface area contributed by atoms with E-state index in [-0.39, 0.29) is 24.9 Å². The molecule has 1 unspecified atom stereocenters. The Morgan fingerprint density at radius 2 is 1.95 bits per heavy atom. The molecule has 0 bridgehead atoms. The van der Waals surface area contributed by atoms with Gasteiger partial charge in [0.2, 0.25) is 0 Å².